The maximum atomic E-state index is 5.88. The van der Waals surface area contributed by atoms with Crippen LogP contribution in [0.25, 0.3) is 0 Å². The van der Waals surface area contributed by atoms with Gasteiger partial charge in [-0.1, -0.05) is 19.1 Å². The largest absolute Gasteiger partial charge is 0.493 e. The topological polar surface area (TPSA) is 30.5 Å². The van der Waals surface area contributed by atoms with E-state index in [4.69, 9.17) is 9.47 Å². The third kappa shape index (κ3) is 4.78. The van der Waals surface area contributed by atoms with Gasteiger partial charge in [-0.15, -0.1) is 0 Å². The molecule has 4 heteroatoms. The molecule has 0 fully saturated rings. The van der Waals surface area contributed by atoms with Crippen LogP contribution in [-0.4, -0.2) is 32.3 Å². The Morgan fingerprint density at radius 2 is 2.17 bits per heavy atom. The number of benzene rings is 1. The summed E-state index contributed by atoms with van der Waals surface area (Å²) in [5, 5.41) is 3.15. The zero-order valence-corrected chi connectivity index (χ0v) is 12.3. The van der Waals surface area contributed by atoms with E-state index in [0.717, 1.165) is 42.4 Å². The summed E-state index contributed by atoms with van der Waals surface area (Å²) in [5.74, 6) is 3.99. The van der Waals surface area contributed by atoms with Crippen LogP contribution in [0.5, 0.6) is 11.5 Å². The molecule has 1 aromatic rings. The van der Waals surface area contributed by atoms with Crippen LogP contribution in [0.4, 0.5) is 0 Å². The Hall–Kier alpha value is -0.870. The van der Waals surface area contributed by atoms with Crippen LogP contribution in [-0.2, 0) is 6.54 Å². The van der Waals surface area contributed by atoms with E-state index in [-0.39, 0.29) is 0 Å². The fraction of sp³-hybridized carbons (Fsp3) is 0.571. The van der Waals surface area contributed by atoms with Crippen LogP contribution in [0.2, 0.25) is 0 Å². The highest BCUT2D eigenvalue weighted by atomic mass is 32.2. The Labute approximate surface area is 114 Å². The van der Waals surface area contributed by atoms with Crippen molar-refractivity contribution in [3.63, 3.8) is 0 Å². The van der Waals surface area contributed by atoms with Gasteiger partial charge >= 0.3 is 0 Å². The summed E-state index contributed by atoms with van der Waals surface area (Å²) < 4.78 is 11.2. The van der Waals surface area contributed by atoms with Crippen LogP contribution >= 0.6 is 11.8 Å². The van der Waals surface area contributed by atoms with E-state index in [9.17, 15) is 0 Å². The van der Waals surface area contributed by atoms with E-state index in [1.54, 1.807) is 7.11 Å². The molecule has 0 aliphatic heterocycles. The molecule has 0 aliphatic carbocycles. The molecule has 0 aromatic heterocycles. The lowest BCUT2D eigenvalue weighted by Gasteiger charge is -2.14. The number of hydrogen-bond donors (Lipinski definition) is 1. The second-order valence-corrected chi connectivity index (χ2v) is 5.27. The summed E-state index contributed by atoms with van der Waals surface area (Å²) in [5.41, 5.74) is 1.14. The molecular weight excluding hydrogens is 246 g/mol. The Balaban J connectivity index is 2.60. The maximum absolute atomic E-state index is 5.88. The first-order valence-corrected chi connectivity index (χ1v) is 7.50. The molecule has 0 spiro atoms. The summed E-state index contributed by atoms with van der Waals surface area (Å²) in [6.07, 6.45) is 1.07. The van der Waals surface area contributed by atoms with Gasteiger partial charge in [0.1, 0.15) is 0 Å². The van der Waals surface area contributed by atoms with E-state index in [2.05, 4.69) is 18.3 Å². The van der Waals surface area contributed by atoms with Gasteiger partial charge in [0.15, 0.2) is 11.5 Å². The third-order valence-electron chi connectivity index (χ3n) is 2.53. The molecule has 3 nitrogen and oxygen atoms in total. The molecule has 0 bridgehead atoms. The van der Waals surface area contributed by atoms with Gasteiger partial charge in [0.2, 0.25) is 0 Å². The van der Waals surface area contributed by atoms with Gasteiger partial charge in [0.05, 0.1) is 13.7 Å². The van der Waals surface area contributed by atoms with Gasteiger partial charge in [-0.2, -0.15) is 11.8 Å². The van der Waals surface area contributed by atoms with Crippen LogP contribution in [0.3, 0.4) is 0 Å². The summed E-state index contributed by atoms with van der Waals surface area (Å²) in [6.45, 7) is 3.71. The molecule has 18 heavy (non-hydrogen) atoms. The molecule has 0 unspecified atom stereocenters. The van der Waals surface area contributed by atoms with Gasteiger partial charge in [-0.25, -0.2) is 0 Å². The van der Waals surface area contributed by atoms with E-state index >= 15 is 0 Å². The molecule has 0 aliphatic rings. The van der Waals surface area contributed by atoms with Crippen molar-refractivity contribution < 1.29 is 9.47 Å². The second kappa shape index (κ2) is 9.11. The first-order chi connectivity index (χ1) is 8.83. The predicted molar refractivity (Wildman–Crippen MR) is 78.9 cm³/mol. The van der Waals surface area contributed by atoms with Gasteiger partial charge in [0, 0.05) is 12.1 Å². The van der Waals surface area contributed by atoms with E-state index in [1.165, 1.54) is 5.75 Å². The summed E-state index contributed by atoms with van der Waals surface area (Å²) in [7, 11) is 3.61. The summed E-state index contributed by atoms with van der Waals surface area (Å²) in [4.78, 5) is 0. The van der Waals surface area contributed by atoms with Crippen LogP contribution in [0.15, 0.2) is 18.2 Å². The normalized spacial score (nSPS) is 10.4. The molecule has 0 radical (unpaired) electrons. The average molecular weight is 269 g/mol. The highest BCUT2D eigenvalue weighted by Crippen LogP contribution is 2.31. The molecule has 0 saturated carbocycles. The fourth-order valence-corrected chi connectivity index (χ4v) is 2.31. The highest BCUT2D eigenvalue weighted by Gasteiger charge is 2.09. The van der Waals surface area contributed by atoms with Gasteiger partial charge in [0.25, 0.3) is 0 Å². The lowest BCUT2D eigenvalue weighted by molar-refractivity contribution is 0.291. The summed E-state index contributed by atoms with van der Waals surface area (Å²) in [6, 6.07) is 6.00. The quantitative estimate of drug-likeness (QED) is 0.698. The molecule has 0 atom stereocenters. The number of nitrogens with one attached hydrogen (secondary N) is 1. The van der Waals surface area contributed by atoms with Crippen molar-refractivity contribution >= 4 is 11.8 Å². The Morgan fingerprint density at radius 1 is 1.33 bits per heavy atom. The lowest BCUT2D eigenvalue weighted by Crippen LogP contribution is -2.09. The number of methoxy groups -OCH3 is 1. The Morgan fingerprint density at radius 3 is 2.83 bits per heavy atom. The van der Waals surface area contributed by atoms with Gasteiger partial charge < -0.3 is 14.8 Å². The smallest absolute Gasteiger partial charge is 0.165 e. The minimum Gasteiger partial charge on any atom is -0.493 e. The lowest BCUT2D eigenvalue weighted by atomic mass is 10.2. The fourth-order valence-electron chi connectivity index (χ4n) is 1.70. The van der Waals surface area contributed by atoms with Crippen molar-refractivity contribution in [1.82, 2.24) is 5.32 Å². The molecule has 0 heterocycles. The predicted octanol–water partition coefficient (Wildman–Crippen LogP) is 2.94. The zero-order valence-electron chi connectivity index (χ0n) is 11.5. The molecular formula is C14H23NO2S. The van der Waals surface area contributed by atoms with Gasteiger partial charge in [-0.3, -0.25) is 0 Å². The average Bonchev–Trinajstić information content (AvgIpc) is 2.40. The number of para-hydroxylation sites is 1. The molecule has 102 valence electrons. The van der Waals surface area contributed by atoms with Crippen LogP contribution in [0, 0.1) is 0 Å². The molecule has 0 saturated heterocycles. The first-order valence-electron chi connectivity index (χ1n) is 6.34. The van der Waals surface area contributed by atoms with Crippen molar-refractivity contribution in [1.29, 1.82) is 0 Å². The monoisotopic (exact) mass is 269 g/mol. The standard InChI is InChI=1S/C14H23NO2S/c1-4-18-10-6-9-17-14-12(11-15-2)7-5-8-13(14)16-3/h5,7-8,15H,4,6,9-11H2,1-3H3. The Kier molecular flexibility index (Phi) is 7.69. The van der Waals surface area contributed by atoms with E-state index in [1.807, 2.05) is 30.9 Å². The highest BCUT2D eigenvalue weighted by molar-refractivity contribution is 7.99. The SMILES string of the molecule is CCSCCCOc1c(CNC)cccc1OC. The van der Waals surface area contributed by atoms with Crippen molar-refractivity contribution in [2.45, 2.75) is 19.9 Å². The number of rotatable bonds is 9. The molecule has 1 N–H and O–H groups in total. The van der Waals surface area contributed by atoms with Crippen molar-refractivity contribution in [2.75, 3.05) is 32.3 Å². The number of ether oxygens (including phenoxy) is 2. The van der Waals surface area contributed by atoms with E-state index in [0.29, 0.717) is 0 Å². The molecule has 0 amide bonds. The Bertz CT molecular complexity index is 345. The van der Waals surface area contributed by atoms with Crippen molar-refractivity contribution in [3.8, 4) is 11.5 Å². The van der Waals surface area contributed by atoms with Crippen molar-refractivity contribution in [2.24, 2.45) is 0 Å². The minimum absolute atomic E-state index is 0.740. The third-order valence-corrected chi connectivity index (χ3v) is 3.52. The molecule has 1 aromatic carbocycles. The number of hydrogen-bond acceptors (Lipinski definition) is 4. The number of thioether (sulfide) groups is 1. The molecule has 1 rings (SSSR count). The van der Waals surface area contributed by atoms with Crippen LogP contribution in [0.1, 0.15) is 18.9 Å². The first kappa shape index (κ1) is 15.2. The second-order valence-electron chi connectivity index (χ2n) is 3.88. The minimum atomic E-state index is 0.740. The summed E-state index contributed by atoms with van der Waals surface area (Å²) >= 11 is 1.94. The zero-order chi connectivity index (χ0) is 13.2. The van der Waals surface area contributed by atoms with Crippen molar-refractivity contribution in [3.05, 3.63) is 23.8 Å². The van der Waals surface area contributed by atoms with Crippen LogP contribution < -0.4 is 14.8 Å². The van der Waals surface area contributed by atoms with Gasteiger partial charge in [-0.05, 0) is 31.0 Å². The van der Waals surface area contributed by atoms with E-state index < -0.39 is 0 Å². The maximum Gasteiger partial charge on any atom is 0.165 e.